The molecule has 0 bridgehead atoms. The van der Waals surface area contributed by atoms with Crippen molar-refractivity contribution in [2.24, 2.45) is 0 Å². The van der Waals surface area contributed by atoms with E-state index in [1.54, 1.807) is 37.3 Å². The molecular formula is C14H18N2O2S2. The van der Waals surface area contributed by atoms with E-state index in [2.05, 4.69) is 4.72 Å². The summed E-state index contributed by atoms with van der Waals surface area (Å²) < 4.78 is 27.8. The molecule has 0 saturated heterocycles. The van der Waals surface area contributed by atoms with Crippen molar-refractivity contribution >= 4 is 27.0 Å². The molecule has 6 heteroatoms. The third-order valence-corrected chi connectivity index (χ3v) is 5.67. The highest BCUT2D eigenvalue weighted by molar-refractivity contribution is 7.89. The van der Waals surface area contributed by atoms with E-state index in [9.17, 15) is 8.42 Å². The first-order valence-corrected chi connectivity index (χ1v) is 8.65. The molecule has 0 fully saturated rings. The van der Waals surface area contributed by atoms with Gasteiger partial charge in [0.1, 0.15) is 0 Å². The van der Waals surface area contributed by atoms with Crippen molar-refractivity contribution in [3.8, 4) is 0 Å². The maximum Gasteiger partial charge on any atom is 0.241 e. The second-order valence-electron chi connectivity index (χ2n) is 4.88. The van der Waals surface area contributed by atoms with Gasteiger partial charge in [0, 0.05) is 11.7 Å². The molecule has 0 aliphatic heterocycles. The molecule has 3 N–H and O–H groups in total. The normalized spacial score (nSPS) is 13.3. The third-order valence-electron chi connectivity index (χ3n) is 3.13. The Bertz CT molecular complexity index is 684. The lowest BCUT2D eigenvalue weighted by Gasteiger charge is -2.16. The number of hydrogen-bond acceptors (Lipinski definition) is 4. The van der Waals surface area contributed by atoms with E-state index in [1.807, 2.05) is 23.8 Å². The summed E-state index contributed by atoms with van der Waals surface area (Å²) in [5, 5.41) is 3.87. The van der Waals surface area contributed by atoms with Gasteiger partial charge in [0.25, 0.3) is 0 Å². The first-order chi connectivity index (χ1) is 9.31. The van der Waals surface area contributed by atoms with Gasteiger partial charge >= 0.3 is 0 Å². The summed E-state index contributed by atoms with van der Waals surface area (Å²) in [6.07, 6.45) is 0. The monoisotopic (exact) mass is 310 g/mol. The molecule has 20 heavy (non-hydrogen) atoms. The highest BCUT2D eigenvalue weighted by Gasteiger charge is 2.22. The number of nitrogen functional groups attached to an aromatic ring is 1. The Kier molecular flexibility index (Phi) is 4.17. The lowest BCUT2D eigenvalue weighted by Crippen LogP contribution is -2.28. The standard InChI is InChI=1S/C14H18N2O2S2/c1-9-6-13(15)7-10(2)14(9)20(17,18)16-11(3)12-4-5-19-8-12/h4-8,11,16H,15H2,1-3H3. The molecule has 1 heterocycles. The Morgan fingerprint density at radius 2 is 1.85 bits per heavy atom. The Morgan fingerprint density at radius 3 is 2.35 bits per heavy atom. The predicted molar refractivity (Wildman–Crippen MR) is 83.4 cm³/mol. The molecule has 1 atom stereocenters. The third kappa shape index (κ3) is 3.03. The van der Waals surface area contributed by atoms with E-state index in [1.165, 1.54) is 0 Å². The van der Waals surface area contributed by atoms with Crippen molar-refractivity contribution in [3.63, 3.8) is 0 Å². The molecular weight excluding hydrogens is 292 g/mol. The fraction of sp³-hybridized carbons (Fsp3) is 0.286. The Balaban J connectivity index is 2.37. The van der Waals surface area contributed by atoms with Crippen molar-refractivity contribution in [1.82, 2.24) is 4.72 Å². The summed E-state index contributed by atoms with van der Waals surface area (Å²) in [4.78, 5) is 0.314. The average molecular weight is 310 g/mol. The summed E-state index contributed by atoms with van der Waals surface area (Å²) in [6.45, 7) is 5.35. The van der Waals surface area contributed by atoms with E-state index >= 15 is 0 Å². The van der Waals surface area contributed by atoms with Gasteiger partial charge in [0.2, 0.25) is 10.0 Å². The van der Waals surface area contributed by atoms with Crippen LogP contribution in [0.4, 0.5) is 5.69 Å². The quantitative estimate of drug-likeness (QED) is 0.853. The number of aryl methyl sites for hydroxylation is 2. The number of benzene rings is 1. The van der Waals surface area contributed by atoms with Gasteiger partial charge in [-0.3, -0.25) is 0 Å². The molecule has 0 saturated carbocycles. The summed E-state index contributed by atoms with van der Waals surface area (Å²) in [5.74, 6) is 0. The minimum absolute atomic E-state index is 0.261. The van der Waals surface area contributed by atoms with Gasteiger partial charge in [-0.1, -0.05) is 0 Å². The van der Waals surface area contributed by atoms with Gasteiger partial charge in [0.15, 0.2) is 0 Å². The number of nitrogens with one attached hydrogen (secondary N) is 1. The molecule has 4 nitrogen and oxygen atoms in total. The molecule has 1 aromatic heterocycles. The van der Waals surface area contributed by atoms with Crippen molar-refractivity contribution in [3.05, 3.63) is 45.6 Å². The van der Waals surface area contributed by atoms with E-state index in [-0.39, 0.29) is 6.04 Å². The molecule has 0 aliphatic rings. The second kappa shape index (κ2) is 5.55. The maximum absolute atomic E-state index is 12.5. The molecule has 0 amide bonds. The number of nitrogens with two attached hydrogens (primary N) is 1. The summed E-state index contributed by atoms with van der Waals surface area (Å²) in [7, 11) is -3.56. The molecule has 108 valence electrons. The van der Waals surface area contributed by atoms with Crippen LogP contribution in [0, 0.1) is 13.8 Å². The van der Waals surface area contributed by atoms with Crippen molar-refractivity contribution in [1.29, 1.82) is 0 Å². The Labute approximate surface area is 123 Å². The molecule has 1 unspecified atom stereocenters. The fourth-order valence-corrected chi connectivity index (χ4v) is 4.73. The highest BCUT2D eigenvalue weighted by atomic mass is 32.2. The van der Waals surface area contributed by atoms with Gasteiger partial charge in [-0.25, -0.2) is 13.1 Å². The van der Waals surface area contributed by atoms with Crippen LogP contribution in [0.25, 0.3) is 0 Å². The summed E-state index contributed by atoms with van der Waals surface area (Å²) in [5.41, 5.74) is 8.59. The molecule has 1 aromatic carbocycles. The topological polar surface area (TPSA) is 72.2 Å². The number of anilines is 1. The molecule has 0 radical (unpaired) electrons. The number of thiophene rings is 1. The lowest BCUT2D eigenvalue weighted by molar-refractivity contribution is 0.566. The second-order valence-corrected chi connectivity index (χ2v) is 7.31. The van der Waals surface area contributed by atoms with Crippen LogP contribution in [0.2, 0.25) is 0 Å². The van der Waals surface area contributed by atoms with Crippen LogP contribution in [0.15, 0.2) is 33.9 Å². The van der Waals surface area contributed by atoms with Gasteiger partial charge < -0.3 is 5.73 Å². The fourth-order valence-electron chi connectivity index (χ4n) is 2.29. The lowest BCUT2D eigenvalue weighted by atomic mass is 10.1. The highest BCUT2D eigenvalue weighted by Crippen LogP contribution is 2.25. The van der Waals surface area contributed by atoms with Crippen molar-refractivity contribution < 1.29 is 8.42 Å². The average Bonchev–Trinajstić information content (AvgIpc) is 2.78. The number of sulfonamides is 1. The molecule has 2 aromatic rings. The van der Waals surface area contributed by atoms with Gasteiger partial charge in [0.05, 0.1) is 4.90 Å². The minimum Gasteiger partial charge on any atom is -0.399 e. The Hall–Kier alpha value is -1.37. The number of hydrogen-bond donors (Lipinski definition) is 2. The van der Waals surface area contributed by atoms with E-state index in [0.717, 1.165) is 5.56 Å². The van der Waals surface area contributed by atoms with Gasteiger partial charge in [-0.05, 0) is 66.4 Å². The largest absolute Gasteiger partial charge is 0.399 e. The van der Waals surface area contributed by atoms with Crippen LogP contribution in [-0.2, 0) is 10.0 Å². The first-order valence-electron chi connectivity index (χ1n) is 6.22. The van der Waals surface area contributed by atoms with Crippen LogP contribution < -0.4 is 10.5 Å². The van der Waals surface area contributed by atoms with Crippen LogP contribution in [0.5, 0.6) is 0 Å². The van der Waals surface area contributed by atoms with Crippen LogP contribution in [-0.4, -0.2) is 8.42 Å². The SMILES string of the molecule is Cc1cc(N)cc(C)c1S(=O)(=O)NC(C)c1ccsc1. The molecule has 0 aliphatic carbocycles. The van der Waals surface area contributed by atoms with Crippen molar-refractivity contribution in [2.45, 2.75) is 31.7 Å². The van der Waals surface area contributed by atoms with E-state index in [4.69, 9.17) is 5.73 Å². The van der Waals surface area contributed by atoms with E-state index < -0.39 is 10.0 Å². The van der Waals surface area contributed by atoms with Crippen molar-refractivity contribution in [2.75, 3.05) is 5.73 Å². The van der Waals surface area contributed by atoms with Gasteiger partial charge in [-0.2, -0.15) is 11.3 Å². The van der Waals surface area contributed by atoms with Crippen LogP contribution >= 0.6 is 11.3 Å². The zero-order valence-corrected chi connectivity index (χ0v) is 13.3. The smallest absolute Gasteiger partial charge is 0.241 e. The van der Waals surface area contributed by atoms with Crippen LogP contribution in [0.3, 0.4) is 0 Å². The predicted octanol–water partition coefficient (Wildman–Crippen LogP) is 2.99. The van der Waals surface area contributed by atoms with E-state index in [0.29, 0.717) is 21.7 Å². The van der Waals surface area contributed by atoms with Crippen LogP contribution in [0.1, 0.15) is 29.7 Å². The van der Waals surface area contributed by atoms with Gasteiger partial charge in [-0.15, -0.1) is 0 Å². The number of rotatable bonds is 4. The summed E-state index contributed by atoms with van der Waals surface area (Å²) >= 11 is 1.55. The molecule has 2 rings (SSSR count). The maximum atomic E-state index is 12.5. The molecule has 0 spiro atoms. The zero-order valence-electron chi connectivity index (χ0n) is 11.7. The summed E-state index contributed by atoms with van der Waals surface area (Å²) in [6, 6.07) is 5.01. The minimum atomic E-state index is -3.56. The zero-order chi connectivity index (χ0) is 14.9. The first kappa shape index (κ1) is 15.0. The Morgan fingerprint density at radius 1 is 1.25 bits per heavy atom.